The first kappa shape index (κ1) is 7.21. The highest BCUT2D eigenvalue weighted by molar-refractivity contribution is 5.10. The van der Waals surface area contributed by atoms with Crippen LogP contribution in [0.4, 0.5) is 0 Å². The average molecular weight is 142 g/mol. The van der Waals surface area contributed by atoms with E-state index in [4.69, 9.17) is 11.5 Å². The van der Waals surface area contributed by atoms with Crippen LogP contribution in [0.25, 0.3) is 0 Å². The van der Waals surface area contributed by atoms with Gasteiger partial charge in [-0.05, 0) is 6.92 Å². The maximum absolute atomic E-state index is 5.67. The molecule has 1 aliphatic heterocycles. The molecule has 0 bridgehead atoms. The molecule has 58 valence electrons. The Balaban J connectivity index is 2.68. The van der Waals surface area contributed by atoms with Gasteiger partial charge in [-0.3, -0.25) is 5.32 Å². The van der Waals surface area contributed by atoms with Crippen LogP contribution >= 0.6 is 0 Å². The zero-order chi connectivity index (χ0) is 7.56. The summed E-state index contributed by atoms with van der Waals surface area (Å²) in [6, 6.07) is 0. The van der Waals surface area contributed by atoms with Crippen molar-refractivity contribution in [1.82, 2.24) is 10.2 Å². The van der Waals surface area contributed by atoms with Crippen molar-refractivity contribution >= 4 is 0 Å². The Labute approximate surface area is 60.9 Å². The van der Waals surface area contributed by atoms with Gasteiger partial charge in [0.25, 0.3) is 0 Å². The number of hydrogen-bond acceptors (Lipinski definition) is 4. The lowest BCUT2D eigenvalue weighted by Crippen LogP contribution is -2.45. The highest BCUT2D eigenvalue weighted by Gasteiger charge is 2.11. The molecule has 10 heavy (non-hydrogen) atoms. The van der Waals surface area contributed by atoms with Crippen molar-refractivity contribution in [3.63, 3.8) is 0 Å². The lowest BCUT2D eigenvalue weighted by atomic mass is 10.3. The molecule has 5 N–H and O–H groups in total. The summed E-state index contributed by atoms with van der Waals surface area (Å²) in [6.45, 7) is 4.47. The first-order valence-corrected chi connectivity index (χ1v) is 3.45. The second-order valence-corrected chi connectivity index (χ2v) is 2.35. The Kier molecular flexibility index (Phi) is 2.01. The normalized spacial score (nSPS) is 19.9. The van der Waals surface area contributed by atoms with E-state index in [2.05, 4.69) is 5.32 Å². The van der Waals surface area contributed by atoms with E-state index in [0.29, 0.717) is 6.54 Å². The highest BCUT2D eigenvalue weighted by atomic mass is 15.3. The lowest BCUT2D eigenvalue weighted by Gasteiger charge is -2.29. The molecule has 0 aromatic carbocycles. The largest absolute Gasteiger partial charge is 0.398 e. The minimum absolute atomic E-state index is 0.711. The number of nitrogens with two attached hydrogens (primary N) is 2. The van der Waals surface area contributed by atoms with Crippen molar-refractivity contribution in [1.29, 1.82) is 0 Å². The molecule has 0 fully saturated rings. The second kappa shape index (κ2) is 2.79. The Morgan fingerprint density at radius 2 is 2.30 bits per heavy atom. The van der Waals surface area contributed by atoms with Gasteiger partial charge in [-0.25, -0.2) is 0 Å². The van der Waals surface area contributed by atoms with Gasteiger partial charge in [-0.15, -0.1) is 0 Å². The molecule has 0 saturated carbocycles. The fourth-order valence-corrected chi connectivity index (χ4v) is 0.986. The molecular weight excluding hydrogens is 128 g/mol. The summed E-state index contributed by atoms with van der Waals surface area (Å²) in [7, 11) is 0. The van der Waals surface area contributed by atoms with Gasteiger partial charge in [-0.2, -0.15) is 0 Å². The molecule has 0 spiro atoms. The summed E-state index contributed by atoms with van der Waals surface area (Å²) in [5, 5.41) is 3.13. The van der Waals surface area contributed by atoms with E-state index in [9.17, 15) is 0 Å². The summed E-state index contributed by atoms with van der Waals surface area (Å²) in [5.74, 6) is 0.723. The van der Waals surface area contributed by atoms with Crippen LogP contribution < -0.4 is 16.8 Å². The predicted octanol–water partition coefficient (Wildman–Crippen LogP) is -1.04. The molecular formula is C6H14N4. The van der Waals surface area contributed by atoms with E-state index in [1.165, 1.54) is 0 Å². The van der Waals surface area contributed by atoms with E-state index >= 15 is 0 Å². The summed E-state index contributed by atoms with van der Waals surface area (Å²) in [6.07, 6.45) is 0. The van der Waals surface area contributed by atoms with Crippen molar-refractivity contribution < 1.29 is 0 Å². The van der Waals surface area contributed by atoms with Crippen molar-refractivity contribution in [3.05, 3.63) is 11.5 Å². The van der Waals surface area contributed by atoms with Gasteiger partial charge in [0.05, 0.1) is 12.4 Å². The molecule has 1 heterocycles. The van der Waals surface area contributed by atoms with Gasteiger partial charge in [0.2, 0.25) is 0 Å². The van der Waals surface area contributed by atoms with Crippen LogP contribution in [0.1, 0.15) is 6.92 Å². The average Bonchev–Trinajstić information content (AvgIpc) is 1.95. The maximum atomic E-state index is 5.67. The molecule has 0 aliphatic carbocycles. The third-order valence-corrected chi connectivity index (χ3v) is 1.67. The van der Waals surface area contributed by atoms with Crippen molar-refractivity contribution in [2.75, 3.05) is 19.8 Å². The fraction of sp³-hybridized carbons (Fsp3) is 0.667. The highest BCUT2D eigenvalue weighted by Crippen LogP contribution is 2.02. The van der Waals surface area contributed by atoms with E-state index in [1.54, 1.807) is 0 Å². The second-order valence-electron chi connectivity index (χ2n) is 2.35. The first-order chi connectivity index (χ1) is 4.75. The van der Waals surface area contributed by atoms with Gasteiger partial charge in [0, 0.05) is 13.1 Å². The van der Waals surface area contributed by atoms with Crippen molar-refractivity contribution in [3.8, 4) is 0 Å². The summed E-state index contributed by atoms with van der Waals surface area (Å²) < 4.78 is 0. The van der Waals surface area contributed by atoms with Crippen molar-refractivity contribution in [2.24, 2.45) is 11.5 Å². The molecule has 0 unspecified atom stereocenters. The van der Waals surface area contributed by atoms with E-state index < -0.39 is 0 Å². The SMILES string of the molecule is CCN1CNCC(N)=C1N. The minimum Gasteiger partial charge on any atom is -0.398 e. The number of rotatable bonds is 1. The third-order valence-electron chi connectivity index (χ3n) is 1.67. The Bertz CT molecular complexity index is 152. The zero-order valence-electron chi connectivity index (χ0n) is 6.22. The standard InChI is InChI=1S/C6H14N4/c1-2-10-4-9-3-5(7)6(10)8/h9H,2-4,7-8H2,1H3. The Morgan fingerprint density at radius 3 is 2.80 bits per heavy atom. The maximum Gasteiger partial charge on any atom is 0.120 e. The monoisotopic (exact) mass is 142 g/mol. The van der Waals surface area contributed by atoms with E-state index in [0.717, 1.165) is 24.7 Å². The van der Waals surface area contributed by atoms with Gasteiger partial charge in [0.15, 0.2) is 0 Å². The molecule has 1 aliphatic rings. The third kappa shape index (κ3) is 1.16. The first-order valence-electron chi connectivity index (χ1n) is 3.45. The van der Waals surface area contributed by atoms with Crippen LogP contribution in [0.3, 0.4) is 0 Å². The lowest BCUT2D eigenvalue weighted by molar-refractivity contribution is 0.307. The van der Waals surface area contributed by atoms with Gasteiger partial charge < -0.3 is 16.4 Å². The molecule has 0 aromatic heterocycles. The van der Waals surface area contributed by atoms with Crippen LogP contribution in [0.15, 0.2) is 11.5 Å². The van der Waals surface area contributed by atoms with Gasteiger partial charge in [0.1, 0.15) is 5.82 Å². The van der Waals surface area contributed by atoms with Crippen LogP contribution in [-0.2, 0) is 0 Å². The quantitative estimate of drug-likeness (QED) is 0.437. The van der Waals surface area contributed by atoms with Crippen LogP contribution in [0, 0.1) is 0 Å². The number of nitrogens with zero attached hydrogens (tertiary/aromatic N) is 1. The summed E-state index contributed by atoms with van der Waals surface area (Å²) in [5.41, 5.74) is 12.0. The zero-order valence-corrected chi connectivity index (χ0v) is 6.22. The molecule has 4 heteroatoms. The molecule has 0 saturated heterocycles. The molecule has 4 nitrogen and oxygen atoms in total. The molecule has 0 aromatic rings. The molecule has 0 amide bonds. The van der Waals surface area contributed by atoms with Crippen molar-refractivity contribution in [2.45, 2.75) is 6.92 Å². The fourth-order valence-electron chi connectivity index (χ4n) is 0.986. The van der Waals surface area contributed by atoms with Gasteiger partial charge >= 0.3 is 0 Å². The smallest absolute Gasteiger partial charge is 0.120 e. The Morgan fingerprint density at radius 1 is 1.60 bits per heavy atom. The topological polar surface area (TPSA) is 67.3 Å². The number of hydrogen-bond donors (Lipinski definition) is 3. The summed E-state index contributed by atoms with van der Waals surface area (Å²) >= 11 is 0. The number of nitrogens with one attached hydrogen (secondary N) is 1. The minimum atomic E-state index is 0.711. The van der Waals surface area contributed by atoms with Gasteiger partial charge in [-0.1, -0.05) is 0 Å². The van der Waals surface area contributed by atoms with Crippen LogP contribution in [0.5, 0.6) is 0 Å². The van der Waals surface area contributed by atoms with E-state index in [-0.39, 0.29) is 0 Å². The molecule has 1 rings (SSSR count). The predicted molar refractivity (Wildman–Crippen MR) is 40.7 cm³/mol. The van der Waals surface area contributed by atoms with Crippen LogP contribution in [0.2, 0.25) is 0 Å². The summed E-state index contributed by atoms with van der Waals surface area (Å²) in [4.78, 5) is 2.00. The molecule has 0 radical (unpaired) electrons. The molecule has 0 atom stereocenters. The Hall–Kier alpha value is -0.900. The van der Waals surface area contributed by atoms with E-state index in [1.807, 2.05) is 11.8 Å². The van der Waals surface area contributed by atoms with Crippen LogP contribution in [-0.4, -0.2) is 24.7 Å².